The Kier molecular flexibility index (Phi) is 4.91. The van der Waals surface area contributed by atoms with E-state index in [1.165, 1.54) is 0 Å². The van der Waals surface area contributed by atoms with E-state index in [9.17, 15) is 5.11 Å². The zero-order chi connectivity index (χ0) is 14.4. The van der Waals surface area contributed by atoms with Crippen molar-refractivity contribution < 1.29 is 19.1 Å². The van der Waals surface area contributed by atoms with Crippen LogP contribution < -0.4 is 5.73 Å². The average Bonchev–Trinajstić information content (AvgIpc) is 2.90. The Balaban J connectivity index is 1.97. The minimum absolute atomic E-state index is 0.0564. The number of phenolic OH excluding ortho intramolecular Hbond substituents is 1. The Morgan fingerprint density at radius 2 is 2.15 bits per heavy atom. The molecule has 0 saturated carbocycles. The summed E-state index contributed by atoms with van der Waals surface area (Å²) in [5.74, 6) is 0.694. The van der Waals surface area contributed by atoms with E-state index in [4.69, 9.17) is 19.7 Å². The van der Waals surface area contributed by atoms with Gasteiger partial charge in [-0.1, -0.05) is 11.2 Å². The molecule has 0 amide bonds. The molecule has 0 aliphatic rings. The number of nitrogen functional groups attached to an aromatic ring is 1. The first-order valence-corrected chi connectivity index (χ1v) is 6.19. The van der Waals surface area contributed by atoms with Gasteiger partial charge in [0.05, 0.1) is 31.1 Å². The zero-order valence-electron chi connectivity index (χ0n) is 11.2. The Morgan fingerprint density at radius 1 is 1.30 bits per heavy atom. The highest BCUT2D eigenvalue weighted by Gasteiger charge is 2.14. The van der Waals surface area contributed by atoms with Crippen LogP contribution in [0.5, 0.6) is 5.75 Å². The first-order chi connectivity index (χ1) is 9.72. The molecule has 0 saturated heterocycles. The van der Waals surface area contributed by atoms with Crippen molar-refractivity contribution in [1.29, 1.82) is 0 Å². The van der Waals surface area contributed by atoms with E-state index in [0.717, 1.165) is 0 Å². The third kappa shape index (κ3) is 3.46. The lowest BCUT2D eigenvalue weighted by Crippen LogP contribution is -2.05. The molecule has 0 aliphatic carbocycles. The van der Waals surface area contributed by atoms with Gasteiger partial charge in [-0.25, -0.2) is 0 Å². The summed E-state index contributed by atoms with van der Waals surface area (Å²) in [7, 11) is 1.62. The molecular weight excluding hydrogens is 262 g/mol. The normalized spacial score (nSPS) is 10.8. The van der Waals surface area contributed by atoms with Gasteiger partial charge < -0.3 is 24.8 Å². The van der Waals surface area contributed by atoms with E-state index in [0.29, 0.717) is 37.6 Å². The highest BCUT2D eigenvalue weighted by atomic mass is 16.5. The number of aromatic nitrogens is 2. The second kappa shape index (κ2) is 6.88. The maximum atomic E-state index is 9.84. The molecule has 2 aromatic rings. The molecule has 0 fully saturated rings. The predicted molar refractivity (Wildman–Crippen MR) is 72.2 cm³/mol. The van der Waals surface area contributed by atoms with Gasteiger partial charge in [-0.3, -0.25) is 0 Å². The molecule has 0 spiro atoms. The van der Waals surface area contributed by atoms with E-state index in [-0.39, 0.29) is 17.3 Å². The zero-order valence-corrected chi connectivity index (χ0v) is 11.2. The number of nitrogens with two attached hydrogens (primary N) is 1. The number of aromatic hydroxyl groups is 1. The lowest BCUT2D eigenvalue weighted by Gasteiger charge is -2.01. The SMILES string of the molecule is COCCOCCc1noc(-c2cccc(N)c2O)n1. The standard InChI is InChI=1S/C13H17N3O4/c1-18-7-8-19-6-5-11-15-13(20-16-11)9-3-2-4-10(14)12(9)17/h2-4,17H,5-8,14H2,1H3. The van der Waals surface area contributed by atoms with Crippen molar-refractivity contribution in [3.05, 3.63) is 24.0 Å². The Morgan fingerprint density at radius 3 is 2.95 bits per heavy atom. The van der Waals surface area contributed by atoms with Gasteiger partial charge >= 0.3 is 0 Å². The second-order valence-corrected chi connectivity index (χ2v) is 4.11. The summed E-state index contributed by atoms with van der Waals surface area (Å²) in [5, 5.41) is 13.7. The van der Waals surface area contributed by atoms with Gasteiger partial charge in [0.15, 0.2) is 11.6 Å². The van der Waals surface area contributed by atoms with Crippen LogP contribution in [0.25, 0.3) is 11.5 Å². The van der Waals surface area contributed by atoms with Gasteiger partial charge in [0.2, 0.25) is 0 Å². The number of anilines is 1. The van der Waals surface area contributed by atoms with Gasteiger partial charge in [-0.15, -0.1) is 0 Å². The molecule has 1 aromatic heterocycles. The number of methoxy groups -OCH3 is 1. The van der Waals surface area contributed by atoms with Crippen molar-refractivity contribution in [3.63, 3.8) is 0 Å². The quantitative estimate of drug-likeness (QED) is 0.446. The highest BCUT2D eigenvalue weighted by Crippen LogP contribution is 2.32. The molecule has 7 nitrogen and oxygen atoms in total. The van der Waals surface area contributed by atoms with Crippen molar-refractivity contribution >= 4 is 5.69 Å². The third-order valence-corrected chi connectivity index (χ3v) is 2.67. The topological polar surface area (TPSA) is 104 Å². The van der Waals surface area contributed by atoms with Crippen LogP contribution in [0.1, 0.15) is 5.82 Å². The Bertz CT molecular complexity index is 556. The van der Waals surface area contributed by atoms with Crippen molar-refractivity contribution in [3.8, 4) is 17.2 Å². The first-order valence-electron chi connectivity index (χ1n) is 6.19. The molecule has 3 N–H and O–H groups in total. The number of rotatable bonds is 7. The summed E-state index contributed by atoms with van der Waals surface area (Å²) in [6.07, 6.45) is 0.524. The number of hydrogen-bond donors (Lipinski definition) is 2. The van der Waals surface area contributed by atoms with E-state index in [2.05, 4.69) is 10.1 Å². The lowest BCUT2D eigenvalue weighted by molar-refractivity contribution is 0.0714. The van der Waals surface area contributed by atoms with Crippen molar-refractivity contribution in [1.82, 2.24) is 10.1 Å². The number of nitrogens with zero attached hydrogens (tertiary/aromatic N) is 2. The molecule has 7 heteroatoms. The van der Waals surface area contributed by atoms with Crippen LogP contribution in [-0.4, -0.2) is 42.2 Å². The van der Waals surface area contributed by atoms with Gasteiger partial charge in [0.25, 0.3) is 5.89 Å². The fraction of sp³-hybridized carbons (Fsp3) is 0.385. The van der Waals surface area contributed by atoms with Gasteiger partial charge in [0.1, 0.15) is 0 Å². The summed E-state index contributed by atoms with van der Waals surface area (Å²) in [6.45, 7) is 1.55. The predicted octanol–water partition coefficient (Wildman–Crippen LogP) is 1.23. The fourth-order valence-corrected chi connectivity index (χ4v) is 1.61. The number of para-hydroxylation sites is 1. The van der Waals surface area contributed by atoms with Crippen LogP contribution in [0, 0.1) is 0 Å². The third-order valence-electron chi connectivity index (χ3n) is 2.67. The minimum atomic E-state index is -0.0564. The molecule has 0 bridgehead atoms. The number of ether oxygens (including phenoxy) is 2. The highest BCUT2D eigenvalue weighted by molar-refractivity contribution is 5.71. The summed E-state index contributed by atoms with van der Waals surface area (Å²) >= 11 is 0. The lowest BCUT2D eigenvalue weighted by atomic mass is 10.2. The maximum Gasteiger partial charge on any atom is 0.261 e. The summed E-state index contributed by atoms with van der Waals surface area (Å²) < 4.78 is 15.3. The van der Waals surface area contributed by atoms with E-state index in [1.807, 2.05) is 0 Å². The Labute approximate surface area is 116 Å². The molecule has 0 aliphatic heterocycles. The van der Waals surface area contributed by atoms with Crippen LogP contribution in [0.3, 0.4) is 0 Å². The van der Waals surface area contributed by atoms with Gasteiger partial charge in [-0.05, 0) is 12.1 Å². The molecule has 1 aromatic carbocycles. The van der Waals surface area contributed by atoms with Crippen LogP contribution in [0.2, 0.25) is 0 Å². The molecule has 2 rings (SSSR count). The molecule has 20 heavy (non-hydrogen) atoms. The monoisotopic (exact) mass is 279 g/mol. The van der Waals surface area contributed by atoms with Crippen molar-refractivity contribution in [2.45, 2.75) is 6.42 Å². The van der Waals surface area contributed by atoms with Crippen LogP contribution >= 0.6 is 0 Å². The number of phenols is 1. The molecule has 108 valence electrons. The molecule has 0 radical (unpaired) electrons. The second-order valence-electron chi connectivity index (χ2n) is 4.11. The molecule has 0 unspecified atom stereocenters. The van der Waals surface area contributed by atoms with Gasteiger partial charge in [0, 0.05) is 13.5 Å². The fourth-order valence-electron chi connectivity index (χ4n) is 1.61. The maximum absolute atomic E-state index is 9.84. The smallest absolute Gasteiger partial charge is 0.261 e. The molecular formula is C13H17N3O4. The molecule has 1 heterocycles. The summed E-state index contributed by atoms with van der Waals surface area (Å²) in [4.78, 5) is 4.20. The number of benzene rings is 1. The summed E-state index contributed by atoms with van der Waals surface area (Å²) in [5.41, 5.74) is 6.31. The van der Waals surface area contributed by atoms with E-state index in [1.54, 1.807) is 25.3 Å². The molecule has 0 atom stereocenters. The van der Waals surface area contributed by atoms with E-state index < -0.39 is 0 Å². The number of hydrogen-bond acceptors (Lipinski definition) is 7. The first kappa shape index (κ1) is 14.3. The van der Waals surface area contributed by atoms with Crippen molar-refractivity contribution in [2.24, 2.45) is 0 Å². The van der Waals surface area contributed by atoms with Gasteiger partial charge in [-0.2, -0.15) is 4.98 Å². The minimum Gasteiger partial charge on any atom is -0.505 e. The van der Waals surface area contributed by atoms with Crippen LogP contribution in [0.15, 0.2) is 22.7 Å². The van der Waals surface area contributed by atoms with Crippen LogP contribution in [-0.2, 0) is 15.9 Å². The Hall–Kier alpha value is -2.12. The summed E-state index contributed by atoms with van der Waals surface area (Å²) in [6, 6.07) is 4.97. The largest absolute Gasteiger partial charge is 0.505 e. The average molecular weight is 279 g/mol. The van der Waals surface area contributed by atoms with E-state index >= 15 is 0 Å². The van der Waals surface area contributed by atoms with Crippen LogP contribution in [0.4, 0.5) is 5.69 Å². The van der Waals surface area contributed by atoms with Crippen molar-refractivity contribution in [2.75, 3.05) is 32.7 Å².